The van der Waals surface area contributed by atoms with Crippen LogP contribution in [0.1, 0.15) is 22.3 Å². The first-order chi connectivity index (χ1) is 9.29. The smallest absolute Gasteiger partial charge is 0.307 e. The first-order valence-electron chi connectivity index (χ1n) is 6.38. The second-order valence-electron chi connectivity index (χ2n) is 4.88. The van der Waals surface area contributed by atoms with Crippen LogP contribution in [0.4, 0.5) is 0 Å². The van der Waals surface area contributed by atoms with Crippen molar-refractivity contribution in [3.8, 4) is 0 Å². The van der Waals surface area contributed by atoms with Crippen LogP contribution in [0, 0.1) is 6.57 Å². The van der Waals surface area contributed by atoms with E-state index in [0.29, 0.717) is 6.42 Å². The molecule has 94 valence electrons. The van der Waals surface area contributed by atoms with Crippen molar-refractivity contribution in [1.29, 1.82) is 0 Å². The Kier molecular flexibility index (Phi) is 2.85. The number of ether oxygens (including phenoxy) is 1. The van der Waals surface area contributed by atoms with Crippen LogP contribution in [-0.2, 0) is 23.3 Å². The van der Waals surface area contributed by atoms with Gasteiger partial charge in [-0.1, -0.05) is 42.5 Å². The van der Waals surface area contributed by atoms with Crippen LogP contribution in [-0.4, -0.2) is 7.11 Å². The molecule has 0 amide bonds. The van der Waals surface area contributed by atoms with Gasteiger partial charge in [-0.05, 0) is 29.2 Å². The van der Waals surface area contributed by atoms with Crippen LogP contribution in [0.25, 0.3) is 4.85 Å². The fourth-order valence-corrected chi connectivity index (χ4v) is 2.84. The van der Waals surface area contributed by atoms with Crippen LogP contribution in [0.15, 0.2) is 48.5 Å². The Morgan fingerprint density at radius 1 is 1.00 bits per heavy atom. The monoisotopic (exact) mass is 249 g/mol. The number of nitrogens with zero attached hydrogens (tertiary/aromatic N) is 1. The highest BCUT2D eigenvalue weighted by atomic mass is 16.5. The molecule has 1 unspecified atom stereocenters. The first-order valence-corrected chi connectivity index (χ1v) is 6.38. The lowest BCUT2D eigenvalue weighted by molar-refractivity contribution is 0.0270. The van der Waals surface area contributed by atoms with Crippen molar-refractivity contribution in [3.05, 3.63) is 82.2 Å². The quantitative estimate of drug-likeness (QED) is 0.705. The first kappa shape index (κ1) is 12.0. The van der Waals surface area contributed by atoms with E-state index in [0.717, 1.165) is 12.0 Å². The summed E-state index contributed by atoms with van der Waals surface area (Å²) in [6.07, 6.45) is 1.48. The normalized spacial score (nSPS) is 20.8. The Labute approximate surface area is 113 Å². The Hall–Kier alpha value is -2.11. The van der Waals surface area contributed by atoms with Crippen molar-refractivity contribution >= 4 is 0 Å². The van der Waals surface area contributed by atoms with Gasteiger partial charge in [0.1, 0.15) is 0 Å². The minimum Gasteiger partial charge on any atom is -0.307 e. The highest BCUT2D eigenvalue weighted by Gasteiger charge is 2.43. The lowest BCUT2D eigenvalue weighted by Gasteiger charge is -2.20. The largest absolute Gasteiger partial charge is 0.367 e. The zero-order chi connectivity index (χ0) is 13.3. The van der Waals surface area contributed by atoms with Crippen LogP contribution in [0.3, 0.4) is 0 Å². The van der Waals surface area contributed by atoms with Gasteiger partial charge in [0.25, 0.3) is 0 Å². The lowest BCUT2D eigenvalue weighted by Crippen LogP contribution is -2.27. The van der Waals surface area contributed by atoms with Crippen molar-refractivity contribution < 1.29 is 4.74 Å². The standard InChI is InChI=1S/C17H15NO/c1-18-17(19-2)12-15-9-4-3-7-13(15)11-14-8-5-6-10-16(14)17/h3-10H,11-12H2,2H3. The maximum absolute atomic E-state index is 7.61. The molecule has 0 spiro atoms. The molecule has 0 heterocycles. The molecule has 0 saturated carbocycles. The number of hydrogen-bond acceptors (Lipinski definition) is 1. The fraction of sp³-hybridized carbons (Fsp3) is 0.235. The van der Waals surface area contributed by atoms with Gasteiger partial charge in [-0.2, -0.15) is 0 Å². The molecule has 2 aromatic rings. The predicted molar refractivity (Wildman–Crippen MR) is 74.7 cm³/mol. The molecular formula is C17H15NO. The van der Waals surface area contributed by atoms with E-state index in [4.69, 9.17) is 11.3 Å². The number of rotatable bonds is 1. The Morgan fingerprint density at radius 3 is 2.32 bits per heavy atom. The maximum atomic E-state index is 7.61. The molecule has 1 aliphatic rings. The molecule has 0 fully saturated rings. The van der Waals surface area contributed by atoms with Crippen molar-refractivity contribution in [3.63, 3.8) is 0 Å². The molecule has 3 rings (SSSR count). The van der Waals surface area contributed by atoms with Crippen molar-refractivity contribution in [2.24, 2.45) is 0 Å². The van der Waals surface area contributed by atoms with Crippen LogP contribution in [0.5, 0.6) is 0 Å². The van der Waals surface area contributed by atoms with E-state index in [2.05, 4.69) is 29.1 Å². The summed E-state index contributed by atoms with van der Waals surface area (Å²) >= 11 is 0. The summed E-state index contributed by atoms with van der Waals surface area (Å²) < 4.78 is 5.64. The summed E-state index contributed by atoms with van der Waals surface area (Å²) in [5, 5.41) is 0. The fourth-order valence-electron chi connectivity index (χ4n) is 2.84. The van der Waals surface area contributed by atoms with Gasteiger partial charge in [0.15, 0.2) is 0 Å². The van der Waals surface area contributed by atoms with Gasteiger partial charge in [0.05, 0.1) is 12.0 Å². The third-order valence-electron chi connectivity index (χ3n) is 3.89. The molecule has 0 aromatic heterocycles. The maximum Gasteiger partial charge on any atom is 0.367 e. The van der Waals surface area contributed by atoms with Gasteiger partial charge in [-0.15, -0.1) is 0 Å². The summed E-state index contributed by atoms with van der Waals surface area (Å²) in [5.74, 6) is 0. The van der Waals surface area contributed by atoms with E-state index in [1.54, 1.807) is 7.11 Å². The van der Waals surface area contributed by atoms with E-state index in [-0.39, 0.29) is 0 Å². The summed E-state index contributed by atoms with van der Waals surface area (Å²) in [6, 6.07) is 16.4. The van der Waals surface area contributed by atoms with E-state index in [1.807, 2.05) is 24.3 Å². The van der Waals surface area contributed by atoms with E-state index < -0.39 is 5.72 Å². The molecule has 19 heavy (non-hydrogen) atoms. The molecule has 2 aromatic carbocycles. The summed E-state index contributed by atoms with van der Waals surface area (Å²) in [4.78, 5) is 3.83. The number of hydrogen-bond donors (Lipinski definition) is 0. The zero-order valence-electron chi connectivity index (χ0n) is 10.9. The van der Waals surface area contributed by atoms with Crippen molar-refractivity contribution in [2.45, 2.75) is 18.6 Å². The average Bonchev–Trinajstić information content (AvgIpc) is 2.61. The highest BCUT2D eigenvalue weighted by molar-refractivity contribution is 5.45. The van der Waals surface area contributed by atoms with Crippen LogP contribution < -0.4 is 0 Å². The van der Waals surface area contributed by atoms with Gasteiger partial charge in [0, 0.05) is 7.11 Å². The summed E-state index contributed by atoms with van der Waals surface area (Å²) in [6.45, 7) is 7.61. The van der Waals surface area contributed by atoms with Crippen LogP contribution >= 0.6 is 0 Å². The lowest BCUT2D eigenvalue weighted by atomic mass is 9.95. The highest BCUT2D eigenvalue weighted by Crippen LogP contribution is 2.38. The van der Waals surface area contributed by atoms with E-state index in [1.165, 1.54) is 16.7 Å². The third-order valence-corrected chi connectivity index (χ3v) is 3.89. The van der Waals surface area contributed by atoms with Gasteiger partial charge in [0.2, 0.25) is 0 Å². The molecule has 1 aliphatic carbocycles. The van der Waals surface area contributed by atoms with Crippen molar-refractivity contribution in [2.75, 3.05) is 7.11 Å². The molecule has 2 nitrogen and oxygen atoms in total. The second-order valence-corrected chi connectivity index (χ2v) is 4.88. The Morgan fingerprint density at radius 2 is 1.63 bits per heavy atom. The Bertz CT molecular complexity index is 656. The molecule has 0 saturated heterocycles. The minimum absolute atomic E-state index is 0.611. The average molecular weight is 249 g/mol. The molecule has 0 aliphatic heterocycles. The van der Waals surface area contributed by atoms with E-state index in [9.17, 15) is 0 Å². The third kappa shape index (κ3) is 1.83. The summed E-state index contributed by atoms with van der Waals surface area (Å²) in [7, 11) is 1.63. The topological polar surface area (TPSA) is 13.6 Å². The van der Waals surface area contributed by atoms with Gasteiger partial charge >= 0.3 is 5.72 Å². The molecule has 0 bridgehead atoms. The molecule has 0 radical (unpaired) electrons. The number of methoxy groups -OCH3 is 1. The van der Waals surface area contributed by atoms with Crippen molar-refractivity contribution in [1.82, 2.24) is 0 Å². The summed E-state index contributed by atoms with van der Waals surface area (Å²) in [5.41, 5.74) is 3.80. The Balaban J connectivity index is 2.26. The molecule has 1 atom stereocenters. The SMILES string of the molecule is [C-]#[N+]C1(OC)Cc2ccccc2Cc2ccccc21. The molecule has 2 heteroatoms. The second kappa shape index (κ2) is 4.53. The molecular weight excluding hydrogens is 234 g/mol. The van der Waals surface area contributed by atoms with Gasteiger partial charge in [-0.25, -0.2) is 6.57 Å². The van der Waals surface area contributed by atoms with E-state index >= 15 is 0 Å². The zero-order valence-corrected chi connectivity index (χ0v) is 10.9. The molecule has 0 N–H and O–H groups in total. The minimum atomic E-state index is -0.886. The van der Waals surface area contributed by atoms with Gasteiger partial charge < -0.3 is 4.74 Å². The number of benzene rings is 2. The predicted octanol–water partition coefficient (Wildman–Crippen LogP) is 3.55. The van der Waals surface area contributed by atoms with Gasteiger partial charge in [-0.3, -0.25) is 4.85 Å². The number of fused-ring (bicyclic) bond motifs is 2. The van der Waals surface area contributed by atoms with Crippen LogP contribution in [0.2, 0.25) is 0 Å².